The van der Waals surface area contributed by atoms with Crippen LogP contribution in [0.2, 0.25) is 0 Å². The van der Waals surface area contributed by atoms with Crippen molar-refractivity contribution in [1.29, 1.82) is 0 Å². The Balaban J connectivity index is 1.97. The highest BCUT2D eigenvalue weighted by Crippen LogP contribution is 2.40. The number of nitrogens with zero attached hydrogens (tertiary/aromatic N) is 1. The van der Waals surface area contributed by atoms with Crippen LogP contribution in [0.3, 0.4) is 0 Å². The van der Waals surface area contributed by atoms with E-state index in [2.05, 4.69) is 79.6 Å². The van der Waals surface area contributed by atoms with Gasteiger partial charge in [-0.25, -0.2) is 0 Å². The molecule has 6 heteroatoms. The summed E-state index contributed by atoms with van der Waals surface area (Å²) in [7, 11) is 3.38. The largest absolute Gasteiger partial charge is 0.493 e. The Labute approximate surface area is 192 Å². The minimum Gasteiger partial charge on any atom is -0.493 e. The standard InChI is InChI=1S/C25H35N3O2S/c1-16(2)26-25(31)27-18(4)24-21-14-23(30-6)22(29-5)13-19(21)11-12-28(24)15-20-10-8-7-9-17(20)3/h7-10,13-14,16,18,24H,11-12,15H2,1-6H3,(H2,26,27,31). The van der Waals surface area contributed by atoms with Gasteiger partial charge in [-0.1, -0.05) is 24.3 Å². The van der Waals surface area contributed by atoms with Gasteiger partial charge >= 0.3 is 0 Å². The molecular weight excluding hydrogens is 406 g/mol. The Morgan fingerprint density at radius 1 is 1.10 bits per heavy atom. The van der Waals surface area contributed by atoms with Gasteiger partial charge in [-0.3, -0.25) is 4.90 Å². The fourth-order valence-corrected chi connectivity index (χ4v) is 4.81. The van der Waals surface area contributed by atoms with Crippen LogP contribution in [0.1, 0.15) is 49.1 Å². The summed E-state index contributed by atoms with van der Waals surface area (Å²) >= 11 is 5.57. The van der Waals surface area contributed by atoms with E-state index >= 15 is 0 Å². The molecule has 1 heterocycles. The van der Waals surface area contributed by atoms with E-state index in [1.54, 1.807) is 14.2 Å². The molecule has 5 nitrogen and oxygen atoms in total. The third kappa shape index (κ3) is 5.49. The van der Waals surface area contributed by atoms with Crippen molar-refractivity contribution in [2.24, 2.45) is 0 Å². The van der Waals surface area contributed by atoms with Crippen LogP contribution >= 0.6 is 12.2 Å². The van der Waals surface area contributed by atoms with E-state index in [0.29, 0.717) is 11.2 Å². The van der Waals surface area contributed by atoms with Crippen molar-refractivity contribution in [2.75, 3.05) is 20.8 Å². The fourth-order valence-electron chi connectivity index (χ4n) is 4.39. The van der Waals surface area contributed by atoms with Gasteiger partial charge in [-0.15, -0.1) is 0 Å². The fraction of sp³-hybridized carbons (Fsp3) is 0.480. The molecule has 0 fully saturated rings. The molecule has 1 aliphatic rings. The Kier molecular flexibility index (Phi) is 7.79. The molecule has 2 aromatic rings. The highest BCUT2D eigenvalue weighted by molar-refractivity contribution is 7.80. The summed E-state index contributed by atoms with van der Waals surface area (Å²) in [4.78, 5) is 2.55. The van der Waals surface area contributed by atoms with Crippen molar-refractivity contribution < 1.29 is 9.47 Å². The molecule has 0 spiro atoms. The van der Waals surface area contributed by atoms with Crippen molar-refractivity contribution in [1.82, 2.24) is 15.5 Å². The van der Waals surface area contributed by atoms with Crippen LogP contribution in [0, 0.1) is 6.92 Å². The van der Waals surface area contributed by atoms with E-state index in [1.165, 1.54) is 22.3 Å². The van der Waals surface area contributed by atoms with Gasteiger partial charge in [-0.05, 0) is 80.7 Å². The average Bonchev–Trinajstić information content (AvgIpc) is 2.73. The second kappa shape index (κ2) is 10.3. The molecular formula is C25H35N3O2S. The summed E-state index contributed by atoms with van der Waals surface area (Å²) in [6.45, 7) is 10.4. The van der Waals surface area contributed by atoms with E-state index < -0.39 is 0 Å². The lowest BCUT2D eigenvalue weighted by atomic mass is 9.87. The zero-order valence-corrected chi connectivity index (χ0v) is 20.3. The Hall–Kier alpha value is -2.31. The SMILES string of the molecule is COc1cc2c(cc1OC)C(C(C)NC(=S)NC(C)C)N(Cc1ccccc1C)CC2. The number of thiocarbonyl (C=S) groups is 1. The molecule has 0 radical (unpaired) electrons. The molecule has 0 bridgehead atoms. The van der Waals surface area contributed by atoms with Gasteiger partial charge in [0.2, 0.25) is 0 Å². The summed E-state index contributed by atoms with van der Waals surface area (Å²) in [6, 6.07) is 13.4. The smallest absolute Gasteiger partial charge is 0.166 e. The van der Waals surface area contributed by atoms with Crippen LogP contribution in [-0.2, 0) is 13.0 Å². The van der Waals surface area contributed by atoms with E-state index in [9.17, 15) is 0 Å². The molecule has 31 heavy (non-hydrogen) atoms. The van der Waals surface area contributed by atoms with Crippen LogP contribution in [0.25, 0.3) is 0 Å². The zero-order chi connectivity index (χ0) is 22.5. The monoisotopic (exact) mass is 441 g/mol. The first-order valence-electron chi connectivity index (χ1n) is 10.9. The Morgan fingerprint density at radius 2 is 1.77 bits per heavy atom. The highest BCUT2D eigenvalue weighted by Gasteiger charge is 2.33. The molecule has 3 rings (SSSR count). The number of methoxy groups -OCH3 is 2. The molecule has 168 valence electrons. The van der Waals surface area contributed by atoms with Crippen LogP contribution in [0.4, 0.5) is 0 Å². The second-order valence-electron chi connectivity index (χ2n) is 8.56. The summed E-state index contributed by atoms with van der Waals surface area (Å²) < 4.78 is 11.2. The minimum atomic E-state index is 0.111. The van der Waals surface area contributed by atoms with Crippen LogP contribution < -0.4 is 20.1 Å². The van der Waals surface area contributed by atoms with Crippen LogP contribution in [0.15, 0.2) is 36.4 Å². The lowest BCUT2D eigenvalue weighted by Gasteiger charge is -2.41. The molecule has 2 atom stereocenters. The first-order valence-corrected chi connectivity index (χ1v) is 11.3. The molecule has 0 saturated carbocycles. The normalized spacial score (nSPS) is 17.1. The molecule has 0 amide bonds. The maximum atomic E-state index is 5.63. The van der Waals surface area contributed by atoms with Gasteiger partial charge < -0.3 is 20.1 Å². The topological polar surface area (TPSA) is 45.8 Å². The Morgan fingerprint density at radius 3 is 2.42 bits per heavy atom. The van der Waals surface area contributed by atoms with Gasteiger partial charge in [0.25, 0.3) is 0 Å². The molecule has 2 N–H and O–H groups in total. The van der Waals surface area contributed by atoms with Crippen molar-refractivity contribution in [3.63, 3.8) is 0 Å². The lowest BCUT2D eigenvalue weighted by Crippen LogP contribution is -2.50. The Bertz CT molecular complexity index is 916. The van der Waals surface area contributed by atoms with E-state index in [1.807, 2.05) is 0 Å². The van der Waals surface area contributed by atoms with E-state index in [-0.39, 0.29) is 12.1 Å². The molecule has 0 aromatic heterocycles. The second-order valence-corrected chi connectivity index (χ2v) is 8.97. The molecule has 1 aliphatic heterocycles. The number of benzene rings is 2. The maximum Gasteiger partial charge on any atom is 0.166 e. The van der Waals surface area contributed by atoms with Crippen molar-refractivity contribution >= 4 is 17.3 Å². The lowest BCUT2D eigenvalue weighted by molar-refractivity contribution is 0.149. The predicted octanol–water partition coefficient (Wildman–Crippen LogP) is 4.37. The average molecular weight is 442 g/mol. The van der Waals surface area contributed by atoms with E-state index in [4.69, 9.17) is 21.7 Å². The molecule has 2 unspecified atom stereocenters. The number of hydrogen-bond acceptors (Lipinski definition) is 4. The van der Waals surface area contributed by atoms with Crippen molar-refractivity contribution in [2.45, 2.75) is 58.8 Å². The summed E-state index contributed by atoms with van der Waals surface area (Å²) in [5.41, 5.74) is 5.24. The number of hydrogen-bond donors (Lipinski definition) is 2. The first-order chi connectivity index (χ1) is 14.8. The zero-order valence-electron chi connectivity index (χ0n) is 19.5. The number of nitrogens with one attached hydrogen (secondary N) is 2. The van der Waals surface area contributed by atoms with Crippen LogP contribution in [-0.4, -0.2) is 42.9 Å². The molecule has 2 aromatic carbocycles. The van der Waals surface area contributed by atoms with Crippen molar-refractivity contribution in [3.05, 3.63) is 58.7 Å². The van der Waals surface area contributed by atoms with Gasteiger partial charge in [0.15, 0.2) is 16.6 Å². The molecule has 0 saturated heterocycles. The van der Waals surface area contributed by atoms with Gasteiger partial charge in [0.05, 0.1) is 20.3 Å². The highest BCUT2D eigenvalue weighted by atomic mass is 32.1. The van der Waals surface area contributed by atoms with Crippen molar-refractivity contribution in [3.8, 4) is 11.5 Å². The molecule has 0 aliphatic carbocycles. The number of ether oxygens (including phenoxy) is 2. The van der Waals surface area contributed by atoms with Gasteiger partial charge in [-0.2, -0.15) is 0 Å². The minimum absolute atomic E-state index is 0.111. The third-order valence-corrected chi connectivity index (χ3v) is 6.15. The van der Waals surface area contributed by atoms with Crippen LogP contribution in [0.5, 0.6) is 11.5 Å². The van der Waals surface area contributed by atoms with Gasteiger partial charge in [0.1, 0.15) is 0 Å². The number of fused-ring (bicyclic) bond motifs is 1. The third-order valence-electron chi connectivity index (χ3n) is 5.91. The van der Waals surface area contributed by atoms with E-state index in [0.717, 1.165) is 31.0 Å². The summed E-state index contributed by atoms with van der Waals surface area (Å²) in [5, 5.41) is 7.52. The number of rotatable bonds is 7. The first kappa shape index (κ1) is 23.4. The number of aryl methyl sites for hydroxylation is 1. The maximum absolute atomic E-state index is 5.63. The quantitative estimate of drug-likeness (QED) is 0.622. The summed E-state index contributed by atoms with van der Waals surface area (Å²) in [6.07, 6.45) is 0.972. The van der Waals surface area contributed by atoms with Gasteiger partial charge in [0, 0.05) is 25.2 Å². The summed E-state index contributed by atoms with van der Waals surface area (Å²) in [5.74, 6) is 1.55. The predicted molar refractivity (Wildman–Crippen MR) is 131 cm³/mol.